The van der Waals surface area contributed by atoms with Gasteiger partial charge in [-0.2, -0.15) is 36.6 Å². The molecule has 0 amide bonds. The molecule has 0 atom stereocenters. The van der Waals surface area contributed by atoms with E-state index in [2.05, 4.69) is 4.99 Å². The second-order valence-corrected chi connectivity index (χ2v) is 10.2. The minimum Gasteiger partial charge on any atom is -0.298 e. The van der Waals surface area contributed by atoms with Gasteiger partial charge in [0.15, 0.2) is 0 Å². The number of nitrogens with zero attached hydrogens (tertiary/aromatic N) is 4. The number of rotatable bonds is 2. The zero-order valence-electron chi connectivity index (χ0n) is 22.1. The quantitative estimate of drug-likeness (QED) is 0.162. The van der Waals surface area contributed by atoms with Gasteiger partial charge in [-0.15, -0.1) is 0 Å². The van der Waals surface area contributed by atoms with Crippen LogP contribution in [0.1, 0.15) is 11.1 Å². The van der Waals surface area contributed by atoms with Gasteiger partial charge in [-0.1, -0.05) is 48.5 Å². The molecule has 0 aliphatic rings. The molecule has 11 heteroatoms. The molecule has 0 saturated heterocycles. The van der Waals surface area contributed by atoms with Gasteiger partial charge in [-0.3, -0.25) is 5.41 Å². The molecule has 6 aromatic carbocycles. The summed E-state index contributed by atoms with van der Waals surface area (Å²) in [4.78, 5) is 13.5. The summed E-state index contributed by atoms with van der Waals surface area (Å²) in [5, 5.41) is 20.6. The van der Waals surface area contributed by atoms with E-state index in [1.54, 1.807) is 54.7 Å². The molecule has 7 aromatic rings. The number of benzene rings is 4. The van der Waals surface area contributed by atoms with Crippen LogP contribution in [0.5, 0.6) is 0 Å². The van der Waals surface area contributed by atoms with Crippen molar-refractivity contribution in [3.63, 3.8) is 0 Å². The molecule has 214 valence electrons. The molecule has 7 rings (SSSR count). The van der Waals surface area contributed by atoms with E-state index < -0.39 is 23.5 Å². The van der Waals surface area contributed by atoms with E-state index in [0.29, 0.717) is 54.8 Å². The van der Waals surface area contributed by atoms with Crippen LogP contribution >= 0.6 is 0 Å². The van der Waals surface area contributed by atoms with Crippen LogP contribution in [0.25, 0.3) is 65.9 Å². The lowest BCUT2D eigenvalue weighted by molar-refractivity contribution is -0.138. The van der Waals surface area contributed by atoms with Gasteiger partial charge in [0.1, 0.15) is 16.4 Å². The lowest BCUT2D eigenvalue weighted by Gasteiger charge is -2.09. The van der Waals surface area contributed by atoms with Gasteiger partial charge in [0.05, 0.1) is 27.5 Å². The first-order valence-corrected chi connectivity index (χ1v) is 13.1. The monoisotopic (exact) mass is 595 g/mol. The van der Waals surface area contributed by atoms with Crippen LogP contribution < -0.4 is 10.7 Å². The van der Waals surface area contributed by atoms with Gasteiger partial charge in [-0.25, -0.2) is 9.97 Å². The molecule has 0 radical (unpaired) electrons. The zero-order valence-corrected chi connectivity index (χ0v) is 22.1. The molecular weight excluding hydrogens is 580 g/mol. The molecular formula is C33H15F6N5. The van der Waals surface area contributed by atoms with Crippen molar-refractivity contribution in [1.82, 2.24) is 9.97 Å². The predicted octanol–water partition coefficient (Wildman–Crippen LogP) is 8.20. The third-order valence-corrected chi connectivity index (χ3v) is 7.64. The van der Waals surface area contributed by atoms with E-state index in [-0.39, 0.29) is 21.7 Å². The smallest absolute Gasteiger partial charge is 0.298 e. The standard InChI is InChI=1S/C33H15F6N5/c34-32(35,36)20-5-1-3-16(11-20)18-7-9-22-24(13-18)26(41)30-28(22)44-31-27(42-15-40)25-14-19(8-10-23(25)29(31)43-30)17-4-2-6-21(12-17)33(37,38)39/h1-14,41H. The molecule has 0 unspecified atom stereocenters. The summed E-state index contributed by atoms with van der Waals surface area (Å²) in [6, 6.07) is 19.7. The molecule has 5 nitrogen and oxygen atoms in total. The second kappa shape index (κ2) is 9.44. The summed E-state index contributed by atoms with van der Waals surface area (Å²) in [7, 11) is 0. The van der Waals surface area contributed by atoms with Crippen molar-refractivity contribution in [2.24, 2.45) is 4.99 Å². The maximum Gasteiger partial charge on any atom is 0.416 e. The van der Waals surface area contributed by atoms with Crippen LogP contribution in [0, 0.1) is 16.9 Å². The van der Waals surface area contributed by atoms with Crippen molar-refractivity contribution in [3.8, 4) is 28.4 Å². The molecule has 1 aromatic heterocycles. The number of nitrogens with one attached hydrogen (secondary N) is 1. The summed E-state index contributed by atoms with van der Waals surface area (Å²) >= 11 is 0. The number of aromatic nitrogens is 2. The SMILES string of the molecule is N#CN=c1c2cc(-c3cccc(C(F)(F)F)c3)ccc2c2nc3c(=N)c4cc(-c5cccc(C(F)(F)F)c5)ccc4c3nc12. The highest BCUT2D eigenvalue weighted by atomic mass is 19.4. The number of hydrogen-bond acceptors (Lipinski definition) is 5. The number of halogens is 6. The number of fused-ring (bicyclic) bond motifs is 6. The fraction of sp³-hybridized carbons (Fsp3) is 0.0606. The van der Waals surface area contributed by atoms with E-state index in [1.807, 2.05) is 0 Å². The highest BCUT2D eigenvalue weighted by Gasteiger charge is 2.31. The van der Waals surface area contributed by atoms with E-state index in [1.165, 1.54) is 12.1 Å². The Balaban J connectivity index is 1.44. The van der Waals surface area contributed by atoms with Crippen molar-refractivity contribution in [1.29, 1.82) is 10.7 Å². The van der Waals surface area contributed by atoms with Gasteiger partial charge in [0.2, 0.25) is 6.19 Å². The molecule has 0 saturated carbocycles. The van der Waals surface area contributed by atoms with E-state index >= 15 is 0 Å². The molecule has 1 heterocycles. The molecule has 1 N–H and O–H groups in total. The summed E-state index contributed by atoms with van der Waals surface area (Å²) in [5.74, 6) is 0. The fourth-order valence-corrected chi connectivity index (χ4v) is 5.58. The van der Waals surface area contributed by atoms with E-state index in [9.17, 15) is 31.6 Å². The van der Waals surface area contributed by atoms with Gasteiger partial charge < -0.3 is 0 Å². The Kier molecular flexibility index (Phi) is 5.84. The molecule has 44 heavy (non-hydrogen) atoms. The van der Waals surface area contributed by atoms with Crippen molar-refractivity contribution in [2.45, 2.75) is 12.4 Å². The Bertz CT molecular complexity index is 2460. The molecule has 0 fully saturated rings. The number of alkyl halides is 6. The maximum absolute atomic E-state index is 13.3. The highest BCUT2D eigenvalue weighted by Crippen LogP contribution is 2.36. The summed E-state index contributed by atoms with van der Waals surface area (Å²) in [6.45, 7) is 0. The number of nitriles is 1. The first-order chi connectivity index (χ1) is 20.9. The Morgan fingerprint density at radius 1 is 0.568 bits per heavy atom. The first kappa shape index (κ1) is 27.2. The Labute approximate surface area is 243 Å². The summed E-state index contributed by atoms with van der Waals surface area (Å²) in [5.41, 5.74) is 1.30. The molecule has 0 bridgehead atoms. The summed E-state index contributed by atoms with van der Waals surface area (Å²) in [6.07, 6.45) is -7.25. The third kappa shape index (κ3) is 4.26. The van der Waals surface area contributed by atoms with E-state index in [0.717, 1.165) is 24.3 Å². The van der Waals surface area contributed by atoms with Gasteiger partial charge in [0, 0.05) is 21.5 Å². The second-order valence-electron chi connectivity index (χ2n) is 10.2. The Morgan fingerprint density at radius 3 is 1.59 bits per heavy atom. The minimum absolute atomic E-state index is 0.0342. The summed E-state index contributed by atoms with van der Waals surface area (Å²) < 4.78 is 79.9. The van der Waals surface area contributed by atoms with Crippen LogP contribution in [0.4, 0.5) is 26.3 Å². The third-order valence-electron chi connectivity index (χ3n) is 7.64. The topological polar surface area (TPSA) is 85.8 Å². The lowest BCUT2D eigenvalue weighted by atomic mass is 10.0. The van der Waals surface area contributed by atoms with Crippen molar-refractivity contribution in [2.75, 3.05) is 0 Å². The maximum atomic E-state index is 13.3. The average Bonchev–Trinajstić information content (AvgIpc) is 3.45. The zero-order chi connectivity index (χ0) is 31.0. The Morgan fingerprint density at radius 2 is 1.05 bits per heavy atom. The fourth-order valence-electron chi connectivity index (χ4n) is 5.58. The minimum atomic E-state index is -4.51. The largest absolute Gasteiger partial charge is 0.416 e. The van der Waals surface area contributed by atoms with Crippen LogP contribution in [0.3, 0.4) is 0 Å². The normalized spacial score (nSPS) is 13.0. The van der Waals surface area contributed by atoms with Crippen molar-refractivity contribution in [3.05, 3.63) is 107 Å². The van der Waals surface area contributed by atoms with Crippen LogP contribution in [-0.4, -0.2) is 9.97 Å². The molecule has 0 aliphatic heterocycles. The van der Waals surface area contributed by atoms with Crippen molar-refractivity contribution >= 4 is 43.6 Å². The van der Waals surface area contributed by atoms with Crippen LogP contribution in [0.15, 0.2) is 89.9 Å². The van der Waals surface area contributed by atoms with Crippen LogP contribution in [0.2, 0.25) is 0 Å². The molecule has 0 aliphatic carbocycles. The first-order valence-electron chi connectivity index (χ1n) is 13.1. The lowest BCUT2D eigenvalue weighted by Crippen LogP contribution is -2.04. The van der Waals surface area contributed by atoms with E-state index in [4.69, 9.17) is 15.4 Å². The number of hydrogen-bond donors (Lipinski definition) is 1. The van der Waals surface area contributed by atoms with Gasteiger partial charge in [0.25, 0.3) is 0 Å². The highest BCUT2D eigenvalue weighted by molar-refractivity contribution is 6.15. The Hall–Kier alpha value is -5.63. The van der Waals surface area contributed by atoms with Crippen molar-refractivity contribution < 1.29 is 26.3 Å². The van der Waals surface area contributed by atoms with Gasteiger partial charge >= 0.3 is 12.4 Å². The van der Waals surface area contributed by atoms with Crippen LogP contribution in [-0.2, 0) is 12.4 Å². The average molecular weight is 596 g/mol. The molecule has 0 spiro atoms. The van der Waals surface area contributed by atoms with Gasteiger partial charge in [-0.05, 0) is 58.7 Å². The predicted molar refractivity (Wildman–Crippen MR) is 152 cm³/mol.